The average molecular weight is 469 g/mol. The summed E-state index contributed by atoms with van der Waals surface area (Å²) in [5.41, 5.74) is 3.29. The Morgan fingerprint density at radius 3 is 2.39 bits per heavy atom. The number of likely N-dealkylation sites (N-methyl/N-ethyl adjacent to an activating group) is 1. The molecule has 1 unspecified atom stereocenters. The standard InChI is InChI=1S/C20H28N4O5S2/c1-5-24(13-12-21-31(4,27)28)17-8-11-19(16(3)14-17)22-20(25)23-30(26)29-18-9-6-15(2)7-10-18/h6-11,14,21H,5,12-13H2,1-4H3,(H2,22,23,25). The molecule has 1 atom stereocenters. The van der Waals surface area contributed by atoms with Gasteiger partial charge in [0.1, 0.15) is 5.75 Å². The minimum absolute atomic E-state index is 0.293. The van der Waals surface area contributed by atoms with Gasteiger partial charge in [-0.05, 0) is 56.7 Å². The molecule has 2 amide bonds. The molecule has 2 aromatic rings. The van der Waals surface area contributed by atoms with E-state index in [1.807, 2.05) is 49.9 Å². The maximum atomic E-state index is 12.2. The maximum Gasteiger partial charge on any atom is 0.333 e. The molecule has 0 aliphatic carbocycles. The molecule has 170 valence electrons. The van der Waals surface area contributed by atoms with Crippen molar-refractivity contribution in [3.8, 4) is 5.75 Å². The quantitative estimate of drug-likeness (QED) is 0.493. The Morgan fingerprint density at radius 2 is 1.81 bits per heavy atom. The lowest BCUT2D eigenvalue weighted by Gasteiger charge is -2.24. The van der Waals surface area contributed by atoms with Gasteiger partial charge in [-0.25, -0.2) is 22.7 Å². The largest absolute Gasteiger partial charge is 0.385 e. The van der Waals surface area contributed by atoms with E-state index in [9.17, 15) is 17.4 Å². The van der Waals surface area contributed by atoms with Crippen molar-refractivity contribution in [1.82, 2.24) is 9.44 Å². The van der Waals surface area contributed by atoms with Crippen molar-refractivity contribution in [2.24, 2.45) is 0 Å². The minimum Gasteiger partial charge on any atom is -0.385 e. The molecule has 31 heavy (non-hydrogen) atoms. The highest BCUT2D eigenvalue weighted by Gasteiger charge is 2.12. The number of anilines is 2. The number of hydrogen-bond donors (Lipinski definition) is 3. The number of amides is 2. The zero-order valence-electron chi connectivity index (χ0n) is 18.0. The van der Waals surface area contributed by atoms with Crippen LogP contribution in [0.3, 0.4) is 0 Å². The Morgan fingerprint density at radius 1 is 1.13 bits per heavy atom. The highest BCUT2D eigenvalue weighted by atomic mass is 32.2. The summed E-state index contributed by atoms with van der Waals surface area (Å²) in [4.78, 5) is 14.2. The van der Waals surface area contributed by atoms with Crippen LogP contribution in [0.4, 0.5) is 16.2 Å². The second-order valence-corrected chi connectivity index (χ2v) is 9.61. The highest BCUT2D eigenvalue weighted by molar-refractivity contribution is 7.88. The first-order valence-corrected chi connectivity index (χ1v) is 12.6. The molecule has 0 saturated heterocycles. The van der Waals surface area contributed by atoms with Gasteiger partial charge in [0.15, 0.2) is 0 Å². The molecule has 0 fully saturated rings. The number of benzene rings is 2. The Balaban J connectivity index is 1.93. The van der Waals surface area contributed by atoms with Gasteiger partial charge in [0, 0.05) is 31.0 Å². The van der Waals surface area contributed by atoms with E-state index in [-0.39, 0.29) is 0 Å². The number of rotatable bonds is 10. The predicted molar refractivity (Wildman–Crippen MR) is 124 cm³/mol. The number of aryl methyl sites for hydroxylation is 2. The number of nitrogens with one attached hydrogen (secondary N) is 3. The first-order chi connectivity index (χ1) is 14.6. The molecule has 3 N–H and O–H groups in total. The zero-order valence-corrected chi connectivity index (χ0v) is 19.6. The maximum absolute atomic E-state index is 12.2. The van der Waals surface area contributed by atoms with Crippen LogP contribution in [-0.2, 0) is 21.3 Å². The van der Waals surface area contributed by atoms with E-state index in [0.717, 1.165) is 23.1 Å². The van der Waals surface area contributed by atoms with Crippen LogP contribution in [0.25, 0.3) is 0 Å². The molecule has 0 spiro atoms. The van der Waals surface area contributed by atoms with Gasteiger partial charge in [-0.1, -0.05) is 17.7 Å². The molecular weight excluding hydrogens is 440 g/mol. The van der Waals surface area contributed by atoms with Gasteiger partial charge in [0.05, 0.1) is 6.26 Å². The van der Waals surface area contributed by atoms with Gasteiger partial charge in [0.25, 0.3) is 0 Å². The number of carbonyl (C=O) groups excluding carboxylic acids is 1. The molecule has 0 saturated carbocycles. The van der Waals surface area contributed by atoms with Crippen LogP contribution in [0.1, 0.15) is 18.1 Å². The minimum atomic E-state index is -3.24. The third kappa shape index (κ3) is 8.56. The summed E-state index contributed by atoms with van der Waals surface area (Å²) in [5, 5.41) is 2.65. The van der Waals surface area contributed by atoms with Crippen molar-refractivity contribution in [2.45, 2.75) is 20.8 Å². The van der Waals surface area contributed by atoms with Crippen molar-refractivity contribution < 1.29 is 21.6 Å². The molecule has 0 radical (unpaired) electrons. The van der Waals surface area contributed by atoms with Crippen molar-refractivity contribution in [3.05, 3.63) is 53.6 Å². The first kappa shape index (κ1) is 24.6. The SMILES string of the molecule is CCN(CCNS(C)(=O)=O)c1ccc(NC(=O)NS(=O)Oc2ccc(C)cc2)c(C)c1. The number of urea groups is 1. The molecule has 0 aliphatic rings. The summed E-state index contributed by atoms with van der Waals surface area (Å²) in [7, 11) is -3.24. The fourth-order valence-electron chi connectivity index (χ4n) is 2.75. The summed E-state index contributed by atoms with van der Waals surface area (Å²) in [5.74, 6) is 0.384. The fourth-order valence-corrected chi connectivity index (χ4v) is 3.74. The third-order valence-corrected chi connectivity index (χ3v) is 5.74. The lowest BCUT2D eigenvalue weighted by Crippen LogP contribution is -2.34. The van der Waals surface area contributed by atoms with Crippen LogP contribution in [0, 0.1) is 13.8 Å². The summed E-state index contributed by atoms with van der Waals surface area (Å²) in [6.45, 7) is 7.21. The Bertz CT molecular complexity index is 1030. The van der Waals surface area contributed by atoms with Crippen molar-refractivity contribution in [3.63, 3.8) is 0 Å². The van der Waals surface area contributed by atoms with Crippen LogP contribution < -0.4 is 23.8 Å². The normalized spacial score (nSPS) is 12.1. The summed E-state index contributed by atoms with van der Waals surface area (Å²) < 4.78 is 44.3. The van der Waals surface area contributed by atoms with E-state index in [1.165, 1.54) is 0 Å². The molecule has 11 heteroatoms. The topological polar surface area (TPSA) is 117 Å². The van der Waals surface area contributed by atoms with Crippen LogP contribution in [0.2, 0.25) is 0 Å². The Hall–Kier alpha value is -2.63. The number of sulfonamides is 1. The van der Waals surface area contributed by atoms with Gasteiger partial charge >= 0.3 is 17.3 Å². The van der Waals surface area contributed by atoms with Gasteiger partial charge in [-0.2, -0.15) is 4.21 Å². The summed E-state index contributed by atoms with van der Waals surface area (Å²) in [6.07, 6.45) is 1.12. The van der Waals surface area contributed by atoms with E-state index in [0.29, 0.717) is 31.1 Å². The van der Waals surface area contributed by atoms with Crippen molar-refractivity contribution in [2.75, 3.05) is 36.1 Å². The summed E-state index contributed by atoms with van der Waals surface area (Å²) in [6, 6.07) is 11.8. The average Bonchev–Trinajstić information content (AvgIpc) is 2.68. The van der Waals surface area contributed by atoms with Gasteiger partial charge < -0.3 is 14.4 Å². The number of hydrogen-bond acceptors (Lipinski definition) is 6. The smallest absolute Gasteiger partial charge is 0.333 e. The second-order valence-electron chi connectivity index (χ2n) is 6.93. The molecule has 0 heterocycles. The number of nitrogens with zero attached hydrogens (tertiary/aromatic N) is 1. The van der Waals surface area contributed by atoms with Crippen molar-refractivity contribution in [1.29, 1.82) is 0 Å². The van der Waals surface area contributed by atoms with Crippen LogP contribution in [0.15, 0.2) is 42.5 Å². The van der Waals surface area contributed by atoms with E-state index in [1.54, 1.807) is 18.2 Å². The first-order valence-electron chi connectivity index (χ1n) is 9.62. The van der Waals surface area contributed by atoms with Crippen molar-refractivity contribution >= 4 is 38.7 Å². The zero-order chi connectivity index (χ0) is 23.0. The Labute approximate surface area is 186 Å². The van der Waals surface area contributed by atoms with Gasteiger partial charge in [-0.3, -0.25) is 0 Å². The van der Waals surface area contributed by atoms with E-state index < -0.39 is 27.3 Å². The fraction of sp³-hybridized carbons (Fsp3) is 0.350. The molecule has 0 aliphatic heterocycles. The molecule has 2 aromatic carbocycles. The lowest BCUT2D eigenvalue weighted by molar-refractivity contribution is 0.256. The second kappa shape index (κ2) is 11.1. The molecule has 0 bridgehead atoms. The van der Waals surface area contributed by atoms with Crippen LogP contribution >= 0.6 is 0 Å². The van der Waals surface area contributed by atoms with E-state index in [4.69, 9.17) is 4.18 Å². The molecule has 2 rings (SSSR count). The molecule has 0 aromatic heterocycles. The predicted octanol–water partition coefficient (Wildman–Crippen LogP) is 2.46. The molecular formula is C20H28N4O5S2. The third-order valence-electron chi connectivity index (χ3n) is 4.32. The molecule has 9 nitrogen and oxygen atoms in total. The van der Waals surface area contributed by atoms with E-state index in [2.05, 4.69) is 14.8 Å². The van der Waals surface area contributed by atoms with Gasteiger partial charge in [-0.15, -0.1) is 0 Å². The summed E-state index contributed by atoms with van der Waals surface area (Å²) >= 11 is -2.04. The highest BCUT2D eigenvalue weighted by Crippen LogP contribution is 2.22. The lowest BCUT2D eigenvalue weighted by atomic mass is 10.1. The van der Waals surface area contributed by atoms with Gasteiger partial charge in [0.2, 0.25) is 10.0 Å². The van der Waals surface area contributed by atoms with Crippen LogP contribution in [0.5, 0.6) is 5.75 Å². The van der Waals surface area contributed by atoms with E-state index >= 15 is 0 Å². The van der Waals surface area contributed by atoms with Crippen LogP contribution in [-0.4, -0.2) is 44.5 Å². The number of carbonyl (C=O) groups is 1. The Kier molecular flexibility index (Phi) is 8.84. The monoisotopic (exact) mass is 468 g/mol.